The molecule has 0 saturated carbocycles. The third-order valence-corrected chi connectivity index (χ3v) is 5.27. The van der Waals surface area contributed by atoms with Crippen LogP contribution in [-0.2, 0) is 0 Å². The zero-order valence-electron chi connectivity index (χ0n) is 16.6. The van der Waals surface area contributed by atoms with E-state index in [4.69, 9.17) is 9.26 Å². The molecule has 4 rings (SSSR count). The number of aromatic nitrogens is 2. The second kappa shape index (κ2) is 8.90. The number of hydrogen-bond acceptors (Lipinski definition) is 5. The van der Waals surface area contributed by atoms with E-state index in [0.717, 1.165) is 38.0 Å². The van der Waals surface area contributed by atoms with Gasteiger partial charge in [-0.1, -0.05) is 35.5 Å². The molecule has 0 spiro atoms. The molecule has 1 fully saturated rings. The molecular weight excluding hydrogens is 366 g/mol. The first kappa shape index (κ1) is 19.2. The van der Waals surface area contributed by atoms with Crippen LogP contribution < -0.4 is 4.74 Å². The van der Waals surface area contributed by atoms with Crippen molar-refractivity contribution in [1.29, 1.82) is 0 Å². The lowest BCUT2D eigenvalue weighted by Gasteiger charge is -2.36. The van der Waals surface area contributed by atoms with Gasteiger partial charge < -0.3 is 14.2 Å². The topological polar surface area (TPSA) is 68.5 Å². The molecule has 0 aliphatic carbocycles. The number of benzene rings is 2. The number of amides is 1. The highest BCUT2D eigenvalue weighted by atomic mass is 16.5. The summed E-state index contributed by atoms with van der Waals surface area (Å²) >= 11 is 0. The average molecular weight is 391 g/mol. The first-order valence-corrected chi connectivity index (χ1v) is 10.1. The Hall–Kier alpha value is -3.15. The van der Waals surface area contributed by atoms with Crippen LogP contribution >= 0.6 is 0 Å². The van der Waals surface area contributed by atoms with E-state index in [1.807, 2.05) is 59.5 Å². The van der Waals surface area contributed by atoms with Gasteiger partial charge in [0, 0.05) is 19.0 Å². The fourth-order valence-electron chi connectivity index (χ4n) is 3.81. The summed E-state index contributed by atoms with van der Waals surface area (Å²) in [4.78, 5) is 19.7. The quantitative estimate of drug-likeness (QED) is 0.618. The fourth-order valence-corrected chi connectivity index (χ4v) is 3.81. The van der Waals surface area contributed by atoms with Gasteiger partial charge in [0.25, 0.3) is 11.8 Å². The number of carbonyl (C=O) groups excluding carboxylic acids is 1. The summed E-state index contributed by atoms with van der Waals surface area (Å²) in [5.41, 5.74) is 1.29. The van der Waals surface area contributed by atoms with Crippen LogP contribution in [-0.4, -0.2) is 40.1 Å². The number of hydrogen-bond donors (Lipinski definition) is 0. The van der Waals surface area contributed by atoms with Gasteiger partial charge in [-0.3, -0.25) is 4.79 Å². The number of rotatable bonds is 6. The first-order chi connectivity index (χ1) is 14.2. The standard InChI is InChI=1S/C23H25N3O3/c1-17-24-22(29-25-17)20-12-5-6-13-21(20)23(27)26-15-8-7-9-18(26)14-16-28-19-10-3-2-4-11-19/h2-6,10-13,18H,7-9,14-16H2,1H3. The number of likely N-dealkylation sites (tertiary alicyclic amines) is 1. The minimum atomic E-state index is 0.0147. The Balaban J connectivity index is 1.49. The Morgan fingerprint density at radius 2 is 1.93 bits per heavy atom. The van der Waals surface area contributed by atoms with E-state index in [0.29, 0.717) is 29.4 Å². The Labute approximate surface area is 170 Å². The van der Waals surface area contributed by atoms with Crippen molar-refractivity contribution < 1.29 is 14.1 Å². The highest BCUT2D eigenvalue weighted by Gasteiger charge is 2.29. The summed E-state index contributed by atoms with van der Waals surface area (Å²) in [5.74, 6) is 1.81. The second-order valence-electron chi connectivity index (χ2n) is 7.29. The molecule has 29 heavy (non-hydrogen) atoms. The van der Waals surface area contributed by atoms with Gasteiger partial charge >= 0.3 is 0 Å². The van der Waals surface area contributed by atoms with Gasteiger partial charge in [0.05, 0.1) is 17.7 Å². The Morgan fingerprint density at radius 1 is 1.14 bits per heavy atom. The molecule has 1 unspecified atom stereocenters. The van der Waals surface area contributed by atoms with Gasteiger partial charge in [-0.25, -0.2) is 0 Å². The molecule has 1 saturated heterocycles. The predicted octanol–water partition coefficient (Wildman–Crippen LogP) is 4.51. The molecule has 1 aromatic heterocycles. The Bertz CT molecular complexity index is 955. The van der Waals surface area contributed by atoms with Crippen molar-refractivity contribution in [1.82, 2.24) is 15.0 Å². The van der Waals surface area contributed by atoms with Crippen LogP contribution in [0.2, 0.25) is 0 Å². The normalized spacial score (nSPS) is 16.6. The number of ether oxygens (including phenoxy) is 1. The molecule has 1 aliphatic rings. The second-order valence-corrected chi connectivity index (χ2v) is 7.29. The summed E-state index contributed by atoms with van der Waals surface area (Å²) in [6.07, 6.45) is 3.95. The monoisotopic (exact) mass is 391 g/mol. The highest BCUT2D eigenvalue weighted by molar-refractivity contribution is 6.00. The molecule has 1 atom stereocenters. The van der Waals surface area contributed by atoms with Crippen molar-refractivity contribution >= 4 is 5.91 Å². The van der Waals surface area contributed by atoms with Crippen molar-refractivity contribution in [3.63, 3.8) is 0 Å². The summed E-state index contributed by atoms with van der Waals surface area (Å²) in [7, 11) is 0. The maximum Gasteiger partial charge on any atom is 0.258 e. The molecule has 0 N–H and O–H groups in total. The summed E-state index contributed by atoms with van der Waals surface area (Å²) in [6.45, 7) is 3.11. The van der Waals surface area contributed by atoms with E-state index < -0.39 is 0 Å². The molecule has 2 heterocycles. The molecular formula is C23H25N3O3. The van der Waals surface area contributed by atoms with Crippen LogP contribution in [0.3, 0.4) is 0 Å². The first-order valence-electron chi connectivity index (χ1n) is 10.1. The molecule has 150 valence electrons. The average Bonchev–Trinajstić information content (AvgIpc) is 3.20. The summed E-state index contributed by atoms with van der Waals surface area (Å²) in [5, 5.41) is 3.86. The van der Waals surface area contributed by atoms with Crippen LogP contribution in [0.4, 0.5) is 0 Å². The molecule has 6 nitrogen and oxygen atoms in total. The maximum absolute atomic E-state index is 13.4. The molecule has 2 aromatic carbocycles. The van der Waals surface area contributed by atoms with Crippen LogP contribution in [0.5, 0.6) is 5.75 Å². The molecule has 0 radical (unpaired) electrons. The predicted molar refractivity (Wildman–Crippen MR) is 110 cm³/mol. The van der Waals surface area contributed by atoms with Crippen molar-refractivity contribution in [2.45, 2.75) is 38.6 Å². The number of para-hydroxylation sites is 1. The van der Waals surface area contributed by atoms with E-state index >= 15 is 0 Å². The lowest BCUT2D eigenvalue weighted by molar-refractivity contribution is 0.0581. The maximum atomic E-state index is 13.4. The minimum Gasteiger partial charge on any atom is -0.494 e. The Kier molecular flexibility index (Phi) is 5.89. The number of aryl methyl sites for hydroxylation is 1. The largest absolute Gasteiger partial charge is 0.494 e. The van der Waals surface area contributed by atoms with E-state index in [1.165, 1.54) is 0 Å². The molecule has 0 bridgehead atoms. The number of nitrogens with zero attached hydrogens (tertiary/aromatic N) is 3. The van der Waals surface area contributed by atoms with Crippen molar-refractivity contribution in [2.75, 3.05) is 13.2 Å². The van der Waals surface area contributed by atoms with Gasteiger partial charge in [0.15, 0.2) is 5.82 Å². The smallest absolute Gasteiger partial charge is 0.258 e. The van der Waals surface area contributed by atoms with E-state index in [1.54, 1.807) is 6.92 Å². The van der Waals surface area contributed by atoms with E-state index in [2.05, 4.69) is 10.1 Å². The molecule has 6 heteroatoms. The molecule has 1 aliphatic heterocycles. The van der Waals surface area contributed by atoms with Gasteiger partial charge in [0.1, 0.15) is 5.75 Å². The molecule has 3 aromatic rings. The van der Waals surface area contributed by atoms with Crippen molar-refractivity contribution in [2.24, 2.45) is 0 Å². The number of carbonyl (C=O) groups is 1. The summed E-state index contributed by atoms with van der Waals surface area (Å²) in [6, 6.07) is 17.4. The van der Waals surface area contributed by atoms with Gasteiger partial charge in [-0.15, -0.1) is 0 Å². The zero-order valence-corrected chi connectivity index (χ0v) is 16.6. The van der Waals surface area contributed by atoms with E-state index in [-0.39, 0.29) is 11.9 Å². The lowest BCUT2D eigenvalue weighted by Crippen LogP contribution is -2.44. The number of piperidine rings is 1. The van der Waals surface area contributed by atoms with Crippen molar-refractivity contribution in [3.05, 3.63) is 66.0 Å². The van der Waals surface area contributed by atoms with E-state index in [9.17, 15) is 4.79 Å². The zero-order chi connectivity index (χ0) is 20.1. The van der Waals surface area contributed by atoms with Crippen LogP contribution in [0.1, 0.15) is 41.9 Å². The third kappa shape index (κ3) is 4.47. The summed E-state index contributed by atoms with van der Waals surface area (Å²) < 4.78 is 11.2. The van der Waals surface area contributed by atoms with Gasteiger partial charge in [-0.05, 0) is 50.5 Å². The lowest BCUT2D eigenvalue weighted by atomic mass is 9.97. The minimum absolute atomic E-state index is 0.0147. The van der Waals surface area contributed by atoms with Gasteiger partial charge in [-0.2, -0.15) is 4.98 Å². The fraction of sp³-hybridized carbons (Fsp3) is 0.348. The molecule has 1 amide bonds. The van der Waals surface area contributed by atoms with Crippen LogP contribution in [0.25, 0.3) is 11.5 Å². The van der Waals surface area contributed by atoms with Crippen LogP contribution in [0, 0.1) is 6.92 Å². The van der Waals surface area contributed by atoms with Crippen LogP contribution in [0.15, 0.2) is 59.1 Å². The highest BCUT2D eigenvalue weighted by Crippen LogP contribution is 2.27. The van der Waals surface area contributed by atoms with Crippen molar-refractivity contribution in [3.8, 4) is 17.2 Å². The SMILES string of the molecule is Cc1noc(-c2ccccc2C(=O)N2CCCCC2CCOc2ccccc2)n1. The Morgan fingerprint density at radius 3 is 2.72 bits per heavy atom. The van der Waals surface area contributed by atoms with Gasteiger partial charge in [0.2, 0.25) is 0 Å². The third-order valence-electron chi connectivity index (χ3n) is 5.27.